The molecule has 0 saturated heterocycles. The third-order valence-electron chi connectivity index (χ3n) is 3.99. The molecule has 0 aliphatic carbocycles. The second kappa shape index (κ2) is 7.70. The van der Waals surface area contributed by atoms with Crippen LogP contribution in [0.3, 0.4) is 0 Å². The van der Waals surface area contributed by atoms with E-state index in [1.165, 1.54) is 5.56 Å². The van der Waals surface area contributed by atoms with Crippen LogP contribution in [-0.4, -0.2) is 39.1 Å². The number of hydrogen-bond acceptors (Lipinski definition) is 5. The SMILES string of the molecule is CCN(CCc1ccncc1)C(=O)c1ccc(-c2nnc(C)o2)cc1. The molecule has 0 bridgehead atoms. The van der Waals surface area contributed by atoms with Crippen molar-refractivity contribution in [1.29, 1.82) is 0 Å². The van der Waals surface area contributed by atoms with Crippen LogP contribution < -0.4 is 0 Å². The summed E-state index contributed by atoms with van der Waals surface area (Å²) < 4.78 is 5.40. The molecule has 0 saturated carbocycles. The minimum absolute atomic E-state index is 0.0183. The lowest BCUT2D eigenvalue weighted by Crippen LogP contribution is -2.32. The molecule has 128 valence electrons. The quantitative estimate of drug-likeness (QED) is 0.691. The smallest absolute Gasteiger partial charge is 0.253 e. The Morgan fingerprint density at radius 2 is 1.80 bits per heavy atom. The first kappa shape index (κ1) is 16.8. The molecule has 1 amide bonds. The molecule has 0 fully saturated rings. The maximum atomic E-state index is 12.7. The third-order valence-corrected chi connectivity index (χ3v) is 3.99. The first-order valence-corrected chi connectivity index (χ1v) is 8.26. The average Bonchev–Trinajstić information content (AvgIpc) is 3.09. The van der Waals surface area contributed by atoms with Gasteiger partial charge in [-0.1, -0.05) is 0 Å². The fourth-order valence-electron chi connectivity index (χ4n) is 2.57. The van der Waals surface area contributed by atoms with Gasteiger partial charge in [0, 0.05) is 43.5 Å². The molecule has 0 N–H and O–H groups in total. The average molecular weight is 336 g/mol. The van der Waals surface area contributed by atoms with Crippen molar-refractivity contribution in [3.63, 3.8) is 0 Å². The highest BCUT2D eigenvalue weighted by Crippen LogP contribution is 2.19. The lowest BCUT2D eigenvalue weighted by molar-refractivity contribution is 0.0766. The summed E-state index contributed by atoms with van der Waals surface area (Å²) in [6.45, 7) is 5.06. The van der Waals surface area contributed by atoms with Crippen LogP contribution in [0.4, 0.5) is 0 Å². The van der Waals surface area contributed by atoms with Gasteiger partial charge in [0.2, 0.25) is 11.8 Å². The summed E-state index contributed by atoms with van der Waals surface area (Å²) in [5.74, 6) is 0.995. The minimum atomic E-state index is 0.0183. The molecule has 25 heavy (non-hydrogen) atoms. The number of aryl methyl sites for hydroxylation is 1. The summed E-state index contributed by atoms with van der Waals surface area (Å²) in [6.07, 6.45) is 4.35. The van der Waals surface area contributed by atoms with E-state index in [9.17, 15) is 4.79 Å². The molecule has 0 aliphatic rings. The van der Waals surface area contributed by atoms with E-state index in [1.807, 2.05) is 36.1 Å². The van der Waals surface area contributed by atoms with Crippen LogP contribution in [0.2, 0.25) is 0 Å². The molecule has 2 heterocycles. The van der Waals surface area contributed by atoms with E-state index < -0.39 is 0 Å². The van der Waals surface area contributed by atoms with Crippen molar-refractivity contribution < 1.29 is 9.21 Å². The Morgan fingerprint density at radius 1 is 1.08 bits per heavy atom. The van der Waals surface area contributed by atoms with Gasteiger partial charge in [0.25, 0.3) is 5.91 Å². The van der Waals surface area contributed by atoms with Crippen LogP contribution in [0.1, 0.15) is 28.7 Å². The van der Waals surface area contributed by atoms with Crippen LogP contribution in [-0.2, 0) is 6.42 Å². The Bertz CT molecular complexity index is 828. The first-order valence-electron chi connectivity index (χ1n) is 8.26. The number of carbonyl (C=O) groups is 1. The van der Waals surface area contributed by atoms with Gasteiger partial charge in [0.05, 0.1) is 0 Å². The number of rotatable bonds is 6. The van der Waals surface area contributed by atoms with Crippen molar-refractivity contribution in [1.82, 2.24) is 20.1 Å². The van der Waals surface area contributed by atoms with Crippen LogP contribution in [0.25, 0.3) is 11.5 Å². The van der Waals surface area contributed by atoms with Crippen molar-refractivity contribution in [3.05, 3.63) is 65.8 Å². The molecule has 0 atom stereocenters. The molecular weight excluding hydrogens is 316 g/mol. The maximum absolute atomic E-state index is 12.7. The monoisotopic (exact) mass is 336 g/mol. The van der Waals surface area contributed by atoms with E-state index in [-0.39, 0.29) is 5.91 Å². The Balaban J connectivity index is 1.68. The molecule has 6 heteroatoms. The van der Waals surface area contributed by atoms with Gasteiger partial charge in [-0.05, 0) is 55.3 Å². The minimum Gasteiger partial charge on any atom is -0.421 e. The highest BCUT2D eigenvalue weighted by molar-refractivity contribution is 5.94. The zero-order valence-corrected chi connectivity index (χ0v) is 14.3. The Hall–Kier alpha value is -3.02. The van der Waals surface area contributed by atoms with Gasteiger partial charge in [-0.25, -0.2) is 0 Å². The van der Waals surface area contributed by atoms with E-state index in [0.717, 1.165) is 12.0 Å². The number of benzene rings is 1. The molecule has 0 aliphatic heterocycles. The van der Waals surface area contributed by atoms with Crippen molar-refractivity contribution in [2.75, 3.05) is 13.1 Å². The Morgan fingerprint density at radius 3 is 2.40 bits per heavy atom. The number of hydrogen-bond donors (Lipinski definition) is 0. The van der Waals surface area contributed by atoms with Crippen LogP contribution in [0.5, 0.6) is 0 Å². The topological polar surface area (TPSA) is 72.1 Å². The number of likely N-dealkylation sites (N-methyl/N-ethyl adjacent to an activating group) is 1. The third kappa shape index (κ3) is 4.09. The van der Waals surface area contributed by atoms with Gasteiger partial charge in [-0.15, -0.1) is 10.2 Å². The van der Waals surface area contributed by atoms with Crippen LogP contribution >= 0.6 is 0 Å². The lowest BCUT2D eigenvalue weighted by atomic mass is 10.1. The van der Waals surface area contributed by atoms with Gasteiger partial charge in [-0.2, -0.15) is 0 Å². The van der Waals surface area contributed by atoms with E-state index in [1.54, 1.807) is 31.5 Å². The Kier molecular flexibility index (Phi) is 5.18. The fourth-order valence-corrected chi connectivity index (χ4v) is 2.57. The van der Waals surface area contributed by atoms with Gasteiger partial charge >= 0.3 is 0 Å². The molecule has 0 unspecified atom stereocenters. The van der Waals surface area contributed by atoms with Crippen molar-refractivity contribution in [3.8, 4) is 11.5 Å². The number of nitrogens with zero attached hydrogens (tertiary/aromatic N) is 4. The highest BCUT2D eigenvalue weighted by atomic mass is 16.4. The number of pyridine rings is 1. The predicted molar refractivity (Wildman–Crippen MR) is 94.0 cm³/mol. The summed E-state index contributed by atoms with van der Waals surface area (Å²) in [4.78, 5) is 18.6. The molecular formula is C19H20N4O2. The summed E-state index contributed by atoms with van der Waals surface area (Å²) in [5, 5.41) is 7.81. The fraction of sp³-hybridized carbons (Fsp3) is 0.263. The van der Waals surface area contributed by atoms with E-state index in [0.29, 0.717) is 30.4 Å². The second-order valence-corrected chi connectivity index (χ2v) is 5.69. The van der Waals surface area contributed by atoms with Crippen LogP contribution in [0.15, 0.2) is 53.2 Å². The van der Waals surface area contributed by atoms with Gasteiger partial charge < -0.3 is 9.32 Å². The predicted octanol–water partition coefficient (Wildman–Crippen LogP) is 3.14. The molecule has 0 radical (unpaired) electrons. The zero-order valence-electron chi connectivity index (χ0n) is 14.3. The summed E-state index contributed by atoms with van der Waals surface area (Å²) >= 11 is 0. The van der Waals surface area contributed by atoms with Crippen molar-refractivity contribution in [2.45, 2.75) is 20.3 Å². The molecule has 3 aromatic rings. The molecule has 3 rings (SSSR count). The summed E-state index contributed by atoms with van der Waals surface area (Å²) in [7, 11) is 0. The standard InChI is InChI=1S/C19H20N4O2/c1-3-23(13-10-15-8-11-20-12-9-15)19(24)17-6-4-16(5-7-17)18-22-21-14(2)25-18/h4-9,11-12H,3,10,13H2,1-2H3. The Labute approximate surface area is 146 Å². The van der Waals surface area contributed by atoms with Gasteiger partial charge in [-0.3, -0.25) is 9.78 Å². The zero-order chi connectivity index (χ0) is 17.6. The van der Waals surface area contributed by atoms with Crippen molar-refractivity contribution in [2.24, 2.45) is 0 Å². The summed E-state index contributed by atoms with van der Waals surface area (Å²) in [5.41, 5.74) is 2.62. The molecule has 0 spiro atoms. The summed E-state index contributed by atoms with van der Waals surface area (Å²) in [6, 6.07) is 11.2. The van der Waals surface area contributed by atoms with Crippen LogP contribution in [0, 0.1) is 6.92 Å². The van der Waals surface area contributed by atoms with E-state index in [4.69, 9.17) is 4.42 Å². The normalized spacial score (nSPS) is 10.6. The molecule has 1 aromatic carbocycles. The van der Waals surface area contributed by atoms with Gasteiger partial charge in [0.1, 0.15) is 0 Å². The number of amides is 1. The molecule has 2 aromatic heterocycles. The van der Waals surface area contributed by atoms with Gasteiger partial charge in [0.15, 0.2) is 0 Å². The maximum Gasteiger partial charge on any atom is 0.253 e. The second-order valence-electron chi connectivity index (χ2n) is 5.69. The largest absolute Gasteiger partial charge is 0.421 e. The first-order chi connectivity index (χ1) is 12.2. The highest BCUT2D eigenvalue weighted by Gasteiger charge is 2.15. The van der Waals surface area contributed by atoms with E-state index in [2.05, 4.69) is 15.2 Å². The number of aromatic nitrogens is 3. The molecule has 6 nitrogen and oxygen atoms in total. The van der Waals surface area contributed by atoms with E-state index >= 15 is 0 Å². The van der Waals surface area contributed by atoms with Crippen molar-refractivity contribution >= 4 is 5.91 Å². The lowest BCUT2D eigenvalue weighted by Gasteiger charge is -2.21. The number of carbonyl (C=O) groups excluding carboxylic acids is 1.